The van der Waals surface area contributed by atoms with Gasteiger partial charge in [-0.2, -0.15) is 0 Å². The number of likely N-dealkylation sites (N-methyl/N-ethyl adjacent to an activating group) is 1. The molecule has 12 heavy (non-hydrogen) atoms. The largest absolute Gasteiger partial charge is 0.359 e. The molecule has 1 atom stereocenters. The zero-order valence-corrected chi connectivity index (χ0v) is 7.00. The van der Waals surface area contributed by atoms with Crippen LogP contribution >= 0.6 is 0 Å². The molecule has 1 aromatic rings. The summed E-state index contributed by atoms with van der Waals surface area (Å²) >= 11 is 0. The monoisotopic (exact) mass is 161 g/mol. The van der Waals surface area contributed by atoms with Gasteiger partial charge in [0.1, 0.15) is 0 Å². The Bertz CT molecular complexity index is 319. The average molecular weight is 161 g/mol. The molecule has 1 aliphatic rings. The van der Waals surface area contributed by atoms with Gasteiger partial charge in [-0.15, -0.1) is 0 Å². The first kappa shape index (κ1) is 7.35. The number of hydrogen-bond donors (Lipinski definition) is 1. The van der Waals surface area contributed by atoms with Gasteiger partial charge in [0.25, 0.3) is 0 Å². The van der Waals surface area contributed by atoms with E-state index in [1.54, 1.807) is 7.05 Å². The molecule has 2 heteroatoms. The maximum atomic E-state index is 11.2. The number of benzene rings is 1. The van der Waals surface area contributed by atoms with Gasteiger partial charge in [-0.1, -0.05) is 24.3 Å². The zero-order valence-electron chi connectivity index (χ0n) is 7.00. The van der Waals surface area contributed by atoms with Crippen LogP contribution < -0.4 is 5.32 Å². The number of nitrogens with one attached hydrogen (secondary N) is 1. The molecule has 1 aromatic carbocycles. The second-order valence-corrected chi connectivity index (χ2v) is 3.07. The highest BCUT2D eigenvalue weighted by molar-refractivity contribution is 5.86. The van der Waals surface area contributed by atoms with E-state index in [-0.39, 0.29) is 11.8 Å². The SMILES string of the molecule is CNC(=O)C1Cc2ccccc21. The van der Waals surface area contributed by atoms with Gasteiger partial charge in [0.05, 0.1) is 5.92 Å². The molecular formula is C10H11NO. The van der Waals surface area contributed by atoms with E-state index in [1.165, 1.54) is 11.1 Å². The van der Waals surface area contributed by atoms with Crippen LogP contribution in [0.15, 0.2) is 24.3 Å². The van der Waals surface area contributed by atoms with Gasteiger partial charge < -0.3 is 5.32 Å². The number of carbonyl (C=O) groups excluding carboxylic acids is 1. The fourth-order valence-corrected chi connectivity index (χ4v) is 1.67. The van der Waals surface area contributed by atoms with Crippen LogP contribution in [0.3, 0.4) is 0 Å². The summed E-state index contributed by atoms with van der Waals surface area (Å²) in [6.07, 6.45) is 0.899. The molecule has 1 unspecified atom stereocenters. The molecule has 1 aliphatic carbocycles. The molecule has 1 N–H and O–H groups in total. The smallest absolute Gasteiger partial charge is 0.227 e. The first-order valence-corrected chi connectivity index (χ1v) is 4.12. The molecule has 0 bridgehead atoms. The fraction of sp³-hybridized carbons (Fsp3) is 0.300. The highest BCUT2D eigenvalue weighted by Crippen LogP contribution is 2.34. The summed E-state index contributed by atoms with van der Waals surface area (Å²) in [6, 6.07) is 8.10. The molecule has 0 fully saturated rings. The van der Waals surface area contributed by atoms with E-state index in [1.807, 2.05) is 18.2 Å². The van der Waals surface area contributed by atoms with Crippen LogP contribution in [0.1, 0.15) is 17.0 Å². The molecule has 62 valence electrons. The summed E-state index contributed by atoms with van der Waals surface area (Å²) in [5.74, 6) is 0.236. The highest BCUT2D eigenvalue weighted by atomic mass is 16.1. The lowest BCUT2D eigenvalue weighted by Gasteiger charge is -2.28. The molecule has 0 spiro atoms. The Balaban J connectivity index is 2.25. The lowest BCUT2D eigenvalue weighted by atomic mass is 9.77. The van der Waals surface area contributed by atoms with Gasteiger partial charge in [0, 0.05) is 7.05 Å². The number of hydrogen-bond acceptors (Lipinski definition) is 1. The standard InChI is InChI=1S/C10H11NO/c1-11-10(12)9-6-7-4-2-3-5-8(7)9/h2-5,9H,6H2,1H3,(H,11,12). The Morgan fingerprint density at radius 2 is 2.25 bits per heavy atom. The lowest BCUT2D eigenvalue weighted by molar-refractivity contribution is -0.122. The van der Waals surface area contributed by atoms with Gasteiger partial charge >= 0.3 is 0 Å². The minimum absolute atomic E-state index is 0.103. The van der Waals surface area contributed by atoms with Crippen molar-refractivity contribution in [2.24, 2.45) is 0 Å². The first-order chi connectivity index (χ1) is 5.83. The second kappa shape index (κ2) is 2.63. The van der Waals surface area contributed by atoms with Gasteiger partial charge in [-0.25, -0.2) is 0 Å². The molecule has 0 aromatic heterocycles. The quantitative estimate of drug-likeness (QED) is 0.656. The molecular weight excluding hydrogens is 150 g/mol. The minimum atomic E-state index is 0.103. The predicted octanol–water partition coefficient (Wildman–Crippen LogP) is 1.07. The van der Waals surface area contributed by atoms with Crippen molar-refractivity contribution in [3.63, 3.8) is 0 Å². The first-order valence-electron chi connectivity index (χ1n) is 4.12. The number of carbonyl (C=O) groups is 1. The van der Waals surface area contributed by atoms with E-state index in [0.717, 1.165) is 6.42 Å². The van der Waals surface area contributed by atoms with Crippen molar-refractivity contribution in [3.05, 3.63) is 35.4 Å². The lowest BCUT2D eigenvalue weighted by Crippen LogP contribution is -2.33. The van der Waals surface area contributed by atoms with E-state index in [2.05, 4.69) is 11.4 Å². The van der Waals surface area contributed by atoms with Crippen LogP contribution in [0.2, 0.25) is 0 Å². The number of fused-ring (bicyclic) bond motifs is 1. The van der Waals surface area contributed by atoms with Gasteiger partial charge in [-0.3, -0.25) is 4.79 Å². The summed E-state index contributed by atoms with van der Waals surface area (Å²) in [4.78, 5) is 11.2. The Morgan fingerprint density at radius 3 is 2.92 bits per heavy atom. The third kappa shape index (κ3) is 0.916. The van der Waals surface area contributed by atoms with Crippen LogP contribution in [-0.2, 0) is 11.2 Å². The maximum absolute atomic E-state index is 11.2. The predicted molar refractivity (Wildman–Crippen MR) is 47.0 cm³/mol. The molecule has 0 saturated carbocycles. The topological polar surface area (TPSA) is 29.1 Å². The normalized spacial score (nSPS) is 19.2. The van der Waals surface area contributed by atoms with Crippen molar-refractivity contribution < 1.29 is 4.79 Å². The Labute approximate surface area is 71.6 Å². The van der Waals surface area contributed by atoms with Crippen molar-refractivity contribution in [2.75, 3.05) is 7.05 Å². The highest BCUT2D eigenvalue weighted by Gasteiger charge is 2.30. The molecule has 2 rings (SSSR count). The van der Waals surface area contributed by atoms with E-state index in [0.29, 0.717) is 0 Å². The van der Waals surface area contributed by atoms with Gasteiger partial charge in [-0.05, 0) is 17.5 Å². The Hall–Kier alpha value is -1.31. The molecule has 1 amide bonds. The third-order valence-corrected chi connectivity index (χ3v) is 2.42. The van der Waals surface area contributed by atoms with Gasteiger partial charge in [0.2, 0.25) is 5.91 Å². The summed E-state index contributed by atoms with van der Waals surface area (Å²) in [5, 5.41) is 2.67. The molecule has 0 aliphatic heterocycles. The van der Waals surface area contributed by atoms with E-state index < -0.39 is 0 Å². The van der Waals surface area contributed by atoms with Crippen molar-refractivity contribution in [1.82, 2.24) is 5.32 Å². The van der Waals surface area contributed by atoms with Crippen LogP contribution in [0, 0.1) is 0 Å². The molecule has 0 heterocycles. The van der Waals surface area contributed by atoms with Crippen LogP contribution in [0.5, 0.6) is 0 Å². The minimum Gasteiger partial charge on any atom is -0.359 e. The van der Waals surface area contributed by atoms with Crippen LogP contribution in [0.4, 0.5) is 0 Å². The van der Waals surface area contributed by atoms with Crippen LogP contribution in [0.25, 0.3) is 0 Å². The number of amides is 1. The van der Waals surface area contributed by atoms with E-state index in [9.17, 15) is 4.79 Å². The summed E-state index contributed by atoms with van der Waals surface area (Å²) in [7, 11) is 1.68. The van der Waals surface area contributed by atoms with Crippen molar-refractivity contribution in [3.8, 4) is 0 Å². The van der Waals surface area contributed by atoms with E-state index >= 15 is 0 Å². The average Bonchev–Trinajstić information content (AvgIpc) is 2.07. The zero-order chi connectivity index (χ0) is 8.55. The van der Waals surface area contributed by atoms with Crippen molar-refractivity contribution >= 4 is 5.91 Å². The van der Waals surface area contributed by atoms with E-state index in [4.69, 9.17) is 0 Å². The summed E-state index contributed by atoms with van der Waals surface area (Å²) < 4.78 is 0. The maximum Gasteiger partial charge on any atom is 0.227 e. The van der Waals surface area contributed by atoms with Crippen LogP contribution in [-0.4, -0.2) is 13.0 Å². The van der Waals surface area contributed by atoms with Gasteiger partial charge in [0.15, 0.2) is 0 Å². The fourth-order valence-electron chi connectivity index (χ4n) is 1.67. The molecule has 0 saturated heterocycles. The molecule has 2 nitrogen and oxygen atoms in total. The third-order valence-electron chi connectivity index (χ3n) is 2.42. The summed E-state index contributed by atoms with van der Waals surface area (Å²) in [5.41, 5.74) is 2.50. The Kier molecular flexibility index (Phi) is 1.61. The Morgan fingerprint density at radius 1 is 1.50 bits per heavy atom. The number of rotatable bonds is 1. The summed E-state index contributed by atoms with van der Waals surface area (Å²) in [6.45, 7) is 0. The molecule has 0 radical (unpaired) electrons. The second-order valence-electron chi connectivity index (χ2n) is 3.07. The van der Waals surface area contributed by atoms with Crippen molar-refractivity contribution in [2.45, 2.75) is 12.3 Å². The van der Waals surface area contributed by atoms with Crippen molar-refractivity contribution in [1.29, 1.82) is 0 Å².